The highest BCUT2D eigenvalue weighted by atomic mass is 16.2. The summed E-state index contributed by atoms with van der Waals surface area (Å²) in [6.45, 7) is 0.492. The van der Waals surface area contributed by atoms with Gasteiger partial charge in [-0.2, -0.15) is 0 Å². The summed E-state index contributed by atoms with van der Waals surface area (Å²) in [5.74, 6) is -0.528. The Kier molecular flexibility index (Phi) is 4.66. The van der Waals surface area contributed by atoms with E-state index in [-0.39, 0.29) is 23.2 Å². The van der Waals surface area contributed by atoms with Gasteiger partial charge in [0.25, 0.3) is 11.8 Å². The Balaban J connectivity index is 2.14. The number of amides is 2. The first kappa shape index (κ1) is 14.7. The largest absolute Gasteiger partial charge is 0.354 e. The van der Waals surface area contributed by atoms with Gasteiger partial charge in [-0.3, -0.25) is 9.59 Å². The van der Waals surface area contributed by atoms with Gasteiger partial charge in [0.1, 0.15) is 11.4 Å². The van der Waals surface area contributed by atoms with Crippen molar-refractivity contribution >= 4 is 11.8 Å². The molecule has 2 amide bonds. The molecule has 0 spiro atoms. The third kappa shape index (κ3) is 3.66. The number of carbonyl (C=O) groups is 2. The van der Waals surface area contributed by atoms with Crippen LogP contribution in [0.25, 0.3) is 0 Å². The van der Waals surface area contributed by atoms with E-state index in [1.807, 2.05) is 30.3 Å². The SMILES string of the molecule is CNC(=O)c1cccc(C(=O)N(C)Cc2ccccc2)n1. The van der Waals surface area contributed by atoms with Crippen LogP contribution in [0.1, 0.15) is 26.5 Å². The molecule has 2 aromatic rings. The van der Waals surface area contributed by atoms with Crippen molar-refractivity contribution in [2.75, 3.05) is 14.1 Å². The van der Waals surface area contributed by atoms with E-state index in [2.05, 4.69) is 10.3 Å². The molecule has 0 unspecified atom stereocenters. The van der Waals surface area contributed by atoms with E-state index in [4.69, 9.17) is 0 Å². The number of benzene rings is 1. The number of rotatable bonds is 4. The van der Waals surface area contributed by atoms with Gasteiger partial charge in [0.2, 0.25) is 0 Å². The van der Waals surface area contributed by atoms with Crippen LogP contribution >= 0.6 is 0 Å². The molecule has 0 atom stereocenters. The lowest BCUT2D eigenvalue weighted by molar-refractivity contribution is 0.0779. The van der Waals surface area contributed by atoms with E-state index in [1.165, 1.54) is 7.05 Å². The van der Waals surface area contributed by atoms with Gasteiger partial charge in [-0.1, -0.05) is 36.4 Å². The molecule has 0 fully saturated rings. The molecule has 5 nitrogen and oxygen atoms in total. The van der Waals surface area contributed by atoms with Gasteiger partial charge in [-0.25, -0.2) is 4.98 Å². The zero-order chi connectivity index (χ0) is 15.2. The Morgan fingerprint density at radius 2 is 1.71 bits per heavy atom. The van der Waals surface area contributed by atoms with Crippen LogP contribution in [0.2, 0.25) is 0 Å². The highest BCUT2D eigenvalue weighted by Gasteiger charge is 2.15. The first-order valence-corrected chi connectivity index (χ1v) is 6.60. The van der Waals surface area contributed by atoms with Crippen LogP contribution in [-0.4, -0.2) is 35.8 Å². The lowest BCUT2D eigenvalue weighted by Gasteiger charge is -2.17. The fourth-order valence-corrected chi connectivity index (χ4v) is 1.93. The normalized spacial score (nSPS) is 10.0. The van der Waals surface area contributed by atoms with Crippen molar-refractivity contribution in [3.8, 4) is 0 Å². The van der Waals surface area contributed by atoms with Crippen molar-refractivity contribution in [3.63, 3.8) is 0 Å². The van der Waals surface area contributed by atoms with Gasteiger partial charge in [-0.15, -0.1) is 0 Å². The molecule has 0 saturated carbocycles. The molecule has 0 aliphatic rings. The lowest BCUT2D eigenvalue weighted by Crippen LogP contribution is -2.28. The molecule has 0 aliphatic heterocycles. The quantitative estimate of drug-likeness (QED) is 0.929. The molecule has 0 bridgehead atoms. The minimum Gasteiger partial charge on any atom is -0.354 e. The fraction of sp³-hybridized carbons (Fsp3) is 0.188. The maximum Gasteiger partial charge on any atom is 0.272 e. The van der Waals surface area contributed by atoms with Crippen molar-refractivity contribution in [1.29, 1.82) is 0 Å². The first-order valence-electron chi connectivity index (χ1n) is 6.60. The minimum absolute atomic E-state index is 0.218. The van der Waals surface area contributed by atoms with Gasteiger partial charge in [0.05, 0.1) is 0 Å². The standard InChI is InChI=1S/C16H17N3O2/c1-17-15(20)13-9-6-10-14(18-13)16(21)19(2)11-12-7-4-3-5-8-12/h3-10H,11H2,1-2H3,(H,17,20). The molecule has 21 heavy (non-hydrogen) atoms. The molecule has 5 heteroatoms. The number of hydrogen-bond acceptors (Lipinski definition) is 3. The van der Waals surface area contributed by atoms with E-state index in [0.717, 1.165) is 5.56 Å². The molecule has 1 aromatic heterocycles. The van der Waals surface area contributed by atoms with Crippen LogP contribution in [0.5, 0.6) is 0 Å². The highest BCUT2D eigenvalue weighted by molar-refractivity contribution is 5.96. The van der Waals surface area contributed by atoms with Crippen LogP contribution < -0.4 is 5.32 Å². The molecule has 0 radical (unpaired) electrons. The second-order valence-electron chi connectivity index (χ2n) is 4.63. The predicted octanol–water partition coefficient (Wildman–Crippen LogP) is 1.71. The Hall–Kier alpha value is -2.69. The highest BCUT2D eigenvalue weighted by Crippen LogP contribution is 2.07. The van der Waals surface area contributed by atoms with E-state index >= 15 is 0 Å². The maximum absolute atomic E-state index is 12.3. The molecule has 0 saturated heterocycles. The molecule has 1 heterocycles. The van der Waals surface area contributed by atoms with E-state index in [0.29, 0.717) is 6.54 Å². The smallest absolute Gasteiger partial charge is 0.272 e. The zero-order valence-electron chi connectivity index (χ0n) is 12.0. The van der Waals surface area contributed by atoms with Crippen molar-refractivity contribution < 1.29 is 9.59 Å². The zero-order valence-corrected chi connectivity index (χ0v) is 12.0. The first-order chi connectivity index (χ1) is 10.1. The summed E-state index contributed by atoms with van der Waals surface area (Å²) in [5.41, 5.74) is 1.53. The Bertz CT molecular complexity index is 641. The third-order valence-corrected chi connectivity index (χ3v) is 3.04. The summed E-state index contributed by atoms with van der Waals surface area (Å²) in [4.78, 5) is 29.6. The van der Waals surface area contributed by atoms with Crippen LogP contribution in [-0.2, 0) is 6.54 Å². The number of hydrogen-bond donors (Lipinski definition) is 1. The summed E-state index contributed by atoms with van der Waals surface area (Å²) in [7, 11) is 3.24. The molecule has 2 rings (SSSR count). The lowest BCUT2D eigenvalue weighted by atomic mass is 10.2. The van der Waals surface area contributed by atoms with Crippen molar-refractivity contribution in [2.24, 2.45) is 0 Å². The number of pyridine rings is 1. The van der Waals surface area contributed by atoms with Crippen molar-refractivity contribution in [1.82, 2.24) is 15.2 Å². The topological polar surface area (TPSA) is 62.3 Å². The minimum atomic E-state index is -0.310. The summed E-state index contributed by atoms with van der Waals surface area (Å²) in [5, 5.41) is 2.49. The van der Waals surface area contributed by atoms with Crippen LogP contribution in [0.3, 0.4) is 0 Å². The molecule has 1 N–H and O–H groups in total. The molecule has 108 valence electrons. The Morgan fingerprint density at radius 3 is 2.38 bits per heavy atom. The third-order valence-electron chi connectivity index (χ3n) is 3.04. The van der Waals surface area contributed by atoms with Crippen molar-refractivity contribution in [2.45, 2.75) is 6.54 Å². The monoisotopic (exact) mass is 283 g/mol. The second-order valence-corrected chi connectivity index (χ2v) is 4.63. The predicted molar refractivity (Wildman–Crippen MR) is 79.9 cm³/mol. The van der Waals surface area contributed by atoms with E-state index < -0.39 is 0 Å². The molecular formula is C16H17N3O2. The van der Waals surface area contributed by atoms with Gasteiger partial charge < -0.3 is 10.2 Å². The van der Waals surface area contributed by atoms with Crippen LogP contribution in [0, 0.1) is 0 Å². The van der Waals surface area contributed by atoms with E-state index in [9.17, 15) is 9.59 Å². The summed E-state index contributed by atoms with van der Waals surface area (Å²) in [6, 6.07) is 14.5. The number of nitrogens with one attached hydrogen (secondary N) is 1. The summed E-state index contributed by atoms with van der Waals surface area (Å²) >= 11 is 0. The second kappa shape index (κ2) is 6.65. The van der Waals surface area contributed by atoms with Gasteiger partial charge >= 0.3 is 0 Å². The molecule has 0 aliphatic carbocycles. The maximum atomic E-state index is 12.3. The Labute approximate surface area is 123 Å². The average Bonchev–Trinajstić information content (AvgIpc) is 2.54. The number of nitrogens with zero attached hydrogens (tertiary/aromatic N) is 2. The average molecular weight is 283 g/mol. The summed E-state index contributed by atoms with van der Waals surface area (Å²) < 4.78 is 0. The van der Waals surface area contributed by atoms with Gasteiger partial charge in [0, 0.05) is 20.6 Å². The van der Waals surface area contributed by atoms with Crippen LogP contribution in [0.15, 0.2) is 48.5 Å². The summed E-state index contributed by atoms with van der Waals surface area (Å²) in [6.07, 6.45) is 0. The fourth-order valence-electron chi connectivity index (χ4n) is 1.93. The number of aromatic nitrogens is 1. The van der Waals surface area contributed by atoms with Gasteiger partial charge in [0.15, 0.2) is 0 Å². The Morgan fingerprint density at radius 1 is 1.05 bits per heavy atom. The molecular weight excluding hydrogens is 266 g/mol. The van der Waals surface area contributed by atoms with Crippen LogP contribution in [0.4, 0.5) is 0 Å². The molecule has 1 aromatic carbocycles. The van der Waals surface area contributed by atoms with Gasteiger partial charge in [-0.05, 0) is 17.7 Å². The number of carbonyl (C=O) groups excluding carboxylic acids is 2. The van der Waals surface area contributed by atoms with Crippen molar-refractivity contribution in [3.05, 3.63) is 65.5 Å². The van der Waals surface area contributed by atoms with E-state index in [1.54, 1.807) is 30.1 Å².